The summed E-state index contributed by atoms with van der Waals surface area (Å²) in [4.78, 5) is 3.23. The summed E-state index contributed by atoms with van der Waals surface area (Å²) in [5, 5.41) is 3.81. The van der Waals surface area contributed by atoms with E-state index >= 15 is 0 Å². The lowest BCUT2D eigenvalue weighted by Crippen LogP contribution is -2.27. The molecule has 1 atom stereocenters. The van der Waals surface area contributed by atoms with E-state index in [0.717, 1.165) is 12.6 Å². The van der Waals surface area contributed by atoms with Crippen LogP contribution in [0.2, 0.25) is 0 Å². The van der Waals surface area contributed by atoms with Gasteiger partial charge in [-0.3, -0.25) is 0 Å². The van der Waals surface area contributed by atoms with E-state index in [4.69, 9.17) is 0 Å². The number of hydrogen-bond donors (Lipinski definition) is 1. The van der Waals surface area contributed by atoms with Gasteiger partial charge in [0, 0.05) is 22.3 Å². The van der Waals surface area contributed by atoms with Gasteiger partial charge in [-0.25, -0.2) is 0 Å². The molecule has 0 bridgehead atoms. The monoisotopic (exact) mass is 277 g/mol. The molecule has 0 saturated heterocycles. The van der Waals surface area contributed by atoms with Crippen LogP contribution < -0.4 is 5.32 Å². The molecule has 1 fully saturated rings. The lowest BCUT2D eigenvalue weighted by Gasteiger charge is -2.22. The van der Waals surface area contributed by atoms with E-state index in [1.54, 1.807) is 15.3 Å². The second kappa shape index (κ2) is 5.57. The Morgan fingerprint density at radius 1 is 1.21 bits per heavy atom. The van der Waals surface area contributed by atoms with E-state index < -0.39 is 0 Å². The van der Waals surface area contributed by atoms with Crippen molar-refractivity contribution in [2.75, 3.05) is 0 Å². The molecule has 3 rings (SSSR count). The standard InChI is InChI=1S/C17H27NS/c1-17(2)9-4-6-14(8-10-17)18-12-15-11-13-5-3-7-16(13)19-15/h11,14,18H,3-10,12H2,1-2H3. The highest BCUT2D eigenvalue weighted by Crippen LogP contribution is 2.34. The highest BCUT2D eigenvalue weighted by Gasteiger charge is 2.24. The third-order valence-corrected chi connectivity index (χ3v) is 6.18. The molecule has 1 unspecified atom stereocenters. The van der Waals surface area contributed by atoms with Gasteiger partial charge in [0.15, 0.2) is 0 Å². The van der Waals surface area contributed by atoms with Crippen LogP contribution in [-0.2, 0) is 19.4 Å². The van der Waals surface area contributed by atoms with E-state index in [1.165, 1.54) is 51.4 Å². The van der Waals surface area contributed by atoms with Crippen molar-refractivity contribution in [3.8, 4) is 0 Å². The predicted octanol–water partition coefficient (Wildman–Crippen LogP) is 4.69. The Balaban J connectivity index is 1.51. The summed E-state index contributed by atoms with van der Waals surface area (Å²) in [5.74, 6) is 0. The second-order valence-corrected chi connectivity index (χ2v) is 8.41. The fraction of sp³-hybridized carbons (Fsp3) is 0.765. The molecule has 1 N–H and O–H groups in total. The van der Waals surface area contributed by atoms with Gasteiger partial charge in [-0.2, -0.15) is 0 Å². The average Bonchev–Trinajstić information content (AvgIpc) is 2.87. The van der Waals surface area contributed by atoms with Gasteiger partial charge >= 0.3 is 0 Å². The van der Waals surface area contributed by atoms with Crippen molar-refractivity contribution in [2.45, 2.75) is 77.8 Å². The predicted molar refractivity (Wildman–Crippen MR) is 83.8 cm³/mol. The molecule has 19 heavy (non-hydrogen) atoms. The number of nitrogens with one attached hydrogen (secondary N) is 1. The fourth-order valence-electron chi connectivity index (χ4n) is 3.59. The summed E-state index contributed by atoms with van der Waals surface area (Å²) in [5.41, 5.74) is 2.21. The summed E-state index contributed by atoms with van der Waals surface area (Å²) in [6.07, 6.45) is 10.9. The minimum atomic E-state index is 0.570. The zero-order valence-electron chi connectivity index (χ0n) is 12.4. The van der Waals surface area contributed by atoms with Gasteiger partial charge in [0.2, 0.25) is 0 Å². The summed E-state index contributed by atoms with van der Waals surface area (Å²) in [7, 11) is 0. The molecule has 0 amide bonds. The fourth-order valence-corrected chi connectivity index (χ4v) is 4.80. The van der Waals surface area contributed by atoms with E-state index in [1.807, 2.05) is 0 Å². The van der Waals surface area contributed by atoms with Crippen LogP contribution in [0.4, 0.5) is 0 Å². The van der Waals surface area contributed by atoms with Gasteiger partial charge in [-0.15, -0.1) is 11.3 Å². The van der Waals surface area contributed by atoms with Crippen LogP contribution in [0, 0.1) is 5.41 Å². The van der Waals surface area contributed by atoms with Crippen LogP contribution in [0.15, 0.2) is 6.07 Å². The molecular weight excluding hydrogens is 250 g/mol. The molecule has 106 valence electrons. The number of fused-ring (bicyclic) bond motifs is 1. The Hall–Kier alpha value is -0.340. The third-order valence-electron chi connectivity index (χ3n) is 4.94. The maximum absolute atomic E-state index is 3.81. The molecule has 2 aliphatic rings. The van der Waals surface area contributed by atoms with Crippen LogP contribution in [0.3, 0.4) is 0 Å². The van der Waals surface area contributed by atoms with Crippen molar-refractivity contribution < 1.29 is 0 Å². The average molecular weight is 277 g/mol. The highest BCUT2D eigenvalue weighted by atomic mass is 32.1. The Morgan fingerprint density at radius 2 is 2.11 bits per heavy atom. The zero-order valence-corrected chi connectivity index (χ0v) is 13.2. The lowest BCUT2D eigenvalue weighted by atomic mass is 9.85. The molecule has 1 nitrogen and oxygen atoms in total. The van der Waals surface area contributed by atoms with Crippen LogP contribution >= 0.6 is 11.3 Å². The first-order valence-electron chi connectivity index (χ1n) is 7.96. The van der Waals surface area contributed by atoms with Gasteiger partial charge in [-0.1, -0.05) is 20.3 Å². The van der Waals surface area contributed by atoms with Crippen molar-refractivity contribution in [3.63, 3.8) is 0 Å². The summed E-state index contributed by atoms with van der Waals surface area (Å²) >= 11 is 2.05. The summed E-state index contributed by atoms with van der Waals surface area (Å²) in [6.45, 7) is 5.96. The first-order chi connectivity index (χ1) is 9.12. The molecular formula is C17H27NS. The summed E-state index contributed by atoms with van der Waals surface area (Å²) in [6, 6.07) is 3.21. The van der Waals surface area contributed by atoms with Crippen LogP contribution in [-0.4, -0.2) is 6.04 Å². The topological polar surface area (TPSA) is 12.0 Å². The van der Waals surface area contributed by atoms with Crippen LogP contribution in [0.25, 0.3) is 0 Å². The van der Waals surface area contributed by atoms with Gasteiger partial charge in [0.25, 0.3) is 0 Å². The van der Waals surface area contributed by atoms with Gasteiger partial charge in [-0.05, 0) is 62.0 Å². The van der Waals surface area contributed by atoms with Crippen molar-refractivity contribution in [3.05, 3.63) is 21.4 Å². The number of thiophene rings is 1. The van der Waals surface area contributed by atoms with Gasteiger partial charge < -0.3 is 5.32 Å². The molecule has 1 aromatic heterocycles. The maximum atomic E-state index is 3.81. The van der Waals surface area contributed by atoms with Crippen molar-refractivity contribution >= 4 is 11.3 Å². The molecule has 0 aromatic carbocycles. The van der Waals surface area contributed by atoms with Crippen molar-refractivity contribution in [2.24, 2.45) is 5.41 Å². The first-order valence-corrected chi connectivity index (χ1v) is 8.78. The Morgan fingerprint density at radius 3 is 2.95 bits per heavy atom. The van der Waals surface area contributed by atoms with Gasteiger partial charge in [0.05, 0.1) is 0 Å². The highest BCUT2D eigenvalue weighted by molar-refractivity contribution is 7.12. The van der Waals surface area contributed by atoms with Crippen molar-refractivity contribution in [1.29, 1.82) is 0 Å². The quantitative estimate of drug-likeness (QED) is 0.791. The molecule has 2 heteroatoms. The molecule has 0 radical (unpaired) electrons. The SMILES string of the molecule is CC1(C)CCCC(NCc2cc3c(s2)CCC3)CC1. The lowest BCUT2D eigenvalue weighted by molar-refractivity contribution is 0.309. The van der Waals surface area contributed by atoms with Crippen molar-refractivity contribution in [1.82, 2.24) is 5.32 Å². The normalized spacial score (nSPS) is 26.1. The van der Waals surface area contributed by atoms with Crippen LogP contribution in [0.5, 0.6) is 0 Å². The molecule has 1 aromatic rings. The summed E-state index contributed by atoms with van der Waals surface area (Å²) < 4.78 is 0. The van der Waals surface area contributed by atoms with E-state index in [-0.39, 0.29) is 0 Å². The Kier molecular flexibility index (Phi) is 4.00. The minimum absolute atomic E-state index is 0.570. The largest absolute Gasteiger partial charge is 0.309 e. The van der Waals surface area contributed by atoms with Crippen LogP contribution in [0.1, 0.15) is 67.7 Å². The maximum Gasteiger partial charge on any atom is 0.0302 e. The molecule has 1 saturated carbocycles. The smallest absolute Gasteiger partial charge is 0.0302 e. The minimum Gasteiger partial charge on any atom is -0.309 e. The number of aryl methyl sites for hydroxylation is 2. The Labute approximate surface area is 121 Å². The number of hydrogen-bond acceptors (Lipinski definition) is 2. The Bertz CT molecular complexity index is 411. The van der Waals surface area contributed by atoms with E-state index in [9.17, 15) is 0 Å². The molecule has 2 aliphatic carbocycles. The first kappa shape index (κ1) is 13.6. The number of rotatable bonds is 3. The second-order valence-electron chi connectivity index (χ2n) is 7.19. The third kappa shape index (κ3) is 3.41. The van der Waals surface area contributed by atoms with E-state index in [0.29, 0.717) is 5.41 Å². The zero-order chi connectivity index (χ0) is 13.3. The van der Waals surface area contributed by atoms with E-state index in [2.05, 4.69) is 36.6 Å². The molecule has 0 spiro atoms. The molecule has 0 aliphatic heterocycles. The van der Waals surface area contributed by atoms with Gasteiger partial charge in [0.1, 0.15) is 0 Å². The molecule has 1 heterocycles.